The predicted octanol–water partition coefficient (Wildman–Crippen LogP) is 4.47. The number of aryl methyl sites for hydroxylation is 1. The van der Waals surface area contributed by atoms with Gasteiger partial charge in [-0.2, -0.15) is 0 Å². The van der Waals surface area contributed by atoms with Crippen LogP contribution in [0.1, 0.15) is 43.2 Å². The van der Waals surface area contributed by atoms with Crippen LogP contribution in [0.15, 0.2) is 66.2 Å². The lowest BCUT2D eigenvalue weighted by atomic mass is 10.0. The molecule has 1 atom stereocenters. The highest BCUT2D eigenvalue weighted by Gasteiger charge is 2.40. The molecule has 1 saturated heterocycles. The van der Waals surface area contributed by atoms with E-state index in [1.54, 1.807) is 7.11 Å². The van der Waals surface area contributed by atoms with Crippen molar-refractivity contribution in [1.82, 2.24) is 19.8 Å². The van der Waals surface area contributed by atoms with Crippen LogP contribution in [-0.2, 0) is 24.3 Å². The van der Waals surface area contributed by atoms with Crippen LogP contribution in [0.5, 0.6) is 11.5 Å². The van der Waals surface area contributed by atoms with E-state index in [-0.39, 0.29) is 11.9 Å². The van der Waals surface area contributed by atoms with E-state index in [9.17, 15) is 4.79 Å². The van der Waals surface area contributed by atoms with Crippen LogP contribution in [0.3, 0.4) is 0 Å². The summed E-state index contributed by atoms with van der Waals surface area (Å²) in [7, 11) is 1.66. The number of carbonyl (C=O) groups is 1. The Bertz CT molecular complexity index is 1190. The molecule has 188 valence electrons. The summed E-state index contributed by atoms with van der Waals surface area (Å²) in [6, 6.07) is 13.6. The quantitative estimate of drug-likeness (QED) is 0.382. The second-order valence-corrected chi connectivity index (χ2v) is 9.27. The number of imidazole rings is 1. The Kier molecular flexibility index (Phi) is 7.50. The van der Waals surface area contributed by atoms with E-state index >= 15 is 0 Å². The molecule has 8 nitrogen and oxygen atoms in total. The Hall–Kier alpha value is -3.81. The first-order valence-electron chi connectivity index (χ1n) is 12.7. The second kappa shape index (κ2) is 11.3. The summed E-state index contributed by atoms with van der Waals surface area (Å²) in [5.41, 5.74) is 2.88. The van der Waals surface area contributed by atoms with Gasteiger partial charge in [0.25, 0.3) is 0 Å². The normalized spacial score (nSPS) is 16.2. The maximum atomic E-state index is 12.8. The molecule has 1 N–H and O–H groups in total. The van der Waals surface area contributed by atoms with Crippen LogP contribution in [-0.4, -0.2) is 46.1 Å². The summed E-state index contributed by atoms with van der Waals surface area (Å²) in [6.45, 7) is 2.21. The lowest BCUT2D eigenvalue weighted by Gasteiger charge is -2.29. The molecule has 1 unspecified atom stereocenters. The van der Waals surface area contributed by atoms with Gasteiger partial charge in [-0.15, -0.1) is 0 Å². The molecule has 2 aliphatic heterocycles. The number of carbonyl (C=O) groups excluding carboxylic acids is 1. The number of aromatic nitrogens is 2. The third kappa shape index (κ3) is 5.37. The number of ether oxygens (including phenoxy) is 2. The lowest BCUT2D eigenvalue weighted by molar-refractivity contribution is -0.121. The van der Waals surface area contributed by atoms with Crippen molar-refractivity contribution < 1.29 is 14.3 Å². The summed E-state index contributed by atoms with van der Waals surface area (Å²) < 4.78 is 14.0. The SMILES string of the molecule is COc1c(OCCCCCCCn2ccnc2)ccc2c1CN1C(=N2)NC(=O)C1Cc1ccccc1. The summed E-state index contributed by atoms with van der Waals surface area (Å²) in [6.07, 6.45) is 12.0. The van der Waals surface area contributed by atoms with Crippen molar-refractivity contribution in [3.8, 4) is 11.5 Å². The largest absolute Gasteiger partial charge is 0.492 e. The number of aliphatic imine (C=N–C) groups is 1. The number of rotatable bonds is 12. The first-order chi connectivity index (χ1) is 17.7. The van der Waals surface area contributed by atoms with Crippen LogP contribution < -0.4 is 14.8 Å². The number of benzene rings is 2. The van der Waals surface area contributed by atoms with Gasteiger partial charge in [0.2, 0.25) is 11.9 Å². The van der Waals surface area contributed by atoms with Gasteiger partial charge >= 0.3 is 0 Å². The van der Waals surface area contributed by atoms with E-state index in [4.69, 9.17) is 14.5 Å². The van der Waals surface area contributed by atoms with Gasteiger partial charge < -0.3 is 18.9 Å². The molecule has 0 bridgehead atoms. The number of hydrogen-bond acceptors (Lipinski definition) is 6. The van der Waals surface area contributed by atoms with Crippen molar-refractivity contribution in [2.45, 2.75) is 57.7 Å². The zero-order chi connectivity index (χ0) is 24.7. The van der Waals surface area contributed by atoms with Crippen LogP contribution in [0.2, 0.25) is 0 Å². The molecule has 3 heterocycles. The number of fused-ring (bicyclic) bond motifs is 2. The highest BCUT2D eigenvalue weighted by atomic mass is 16.5. The van der Waals surface area contributed by atoms with Gasteiger partial charge in [0.15, 0.2) is 11.5 Å². The van der Waals surface area contributed by atoms with Crippen LogP contribution in [0.4, 0.5) is 5.69 Å². The number of unbranched alkanes of at least 4 members (excludes halogenated alkanes) is 4. The van der Waals surface area contributed by atoms with Crippen molar-refractivity contribution in [3.05, 3.63) is 72.3 Å². The fourth-order valence-electron chi connectivity index (χ4n) is 4.88. The molecule has 1 fully saturated rings. The maximum Gasteiger partial charge on any atom is 0.249 e. The van der Waals surface area contributed by atoms with Gasteiger partial charge in [-0.05, 0) is 30.5 Å². The molecule has 0 radical (unpaired) electrons. The summed E-state index contributed by atoms with van der Waals surface area (Å²) in [4.78, 5) is 23.6. The Labute approximate surface area is 212 Å². The van der Waals surface area contributed by atoms with Crippen LogP contribution >= 0.6 is 0 Å². The molecular formula is C28H33N5O3. The molecule has 1 aromatic heterocycles. The second-order valence-electron chi connectivity index (χ2n) is 9.27. The molecule has 0 saturated carbocycles. The first kappa shape index (κ1) is 23.9. The molecule has 0 aliphatic carbocycles. The maximum absolute atomic E-state index is 12.8. The van der Waals surface area contributed by atoms with Crippen molar-refractivity contribution in [2.24, 2.45) is 4.99 Å². The number of nitrogens with zero attached hydrogens (tertiary/aromatic N) is 4. The monoisotopic (exact) mass is 487 g/mol. The third-order valence-corrected chi connectivity index (χ3v) is 6.79. The van der Waals surface area contributed by atoms with Crippen molar-refractivity contribution in [3.63, 3.8) is 0 Å². The number of guanidine groups is 1. The Morgan fingerprint density at radius 1 is 1.06 bits per heavy atom. The van der Waals surface area contributed by atoms with Crippen molar-refractivity contribution >= 4 is 17.6 Å². The number of hydrogen-bond donors (Lipinski definition) is 1. The summed E-state index contributed by atoms with van der Waals surface area (Å²) in [5.74, 6) is 2.02. The highest BCUT2D eigenvalue weighted by molar-refractivity contribution is 6.08. The molecule has 3 aromatic rings. The summed E-state index contributed by atoms with van der Waals surface area (Å²) >= 11 is 0. The minimum absolute atomic E-state index is 0.0223. The first-order valence-corrected chi connectivity index (χ1v) is 12.7. The zero-order valence-corrected chi connectivity index (χ0v) is 20.7. The predicted molar refractivity (Wildman–Crippen MR) is 139 cm³/mol. The van der Waals surface area contributed by atoms with Gasteiger partial charge in [-0.3, -0.25) is 10.1 Å². The van der Waals surface area contributed by atoms with Gasteiger partial charge in [-0.25, -0.2) is 9.98 Å². The van der Waals surface area contributed by atoms with E-state index in [0.717, 1.165) is 48.4 Å². The van der Waals surface area contributed by atoms with Gasteiger partial charge in [0.05, 0.1) is 32.3 Å². The van der Waals surface area contributed by atoms with E-state index < -0.39 is 0 Å². The molecular weight excluding hydrogens is 454 g/mol. The molecule has 2 aromatic carbocycles. The van der Waals surface area contributed by atoms with E-state index in [1.807, 2.05) is 66.1 Å². The van der Waals surface area contributed by atoms with Gasteiger partial charge in [0, 0.05) is 30.9 Å². The Morgan fingerprint density at radius 3 is 2.69 bits per heavy atom. The molecule has 0 spiro atoms. The molecule has 1 amide bonds. The lowest BCUT2D eigenvalue weighted by Crippen LogP contribution is -2.38. The Morgan fingerprint density at radius 2 is 1.89 bits per heavy atom. The zero-order valence-electron chi connectivity index (χ0n) is 20.7. The molecule has 8 heteroatoms. The fourth-order valence-corrected chi connectivity index (χ4v) is 4.88. The minimum atomic E-state index is -0.303. The molecule has 36 heavy (non-hydrogen) atoms. The number of methoxy groups -OCH3 is 1. The van der Waals surface area contributed by atoms with Crippen LogP contribution in [0, 0.1) is 0 Å². The van der Waals surface area contributed by atoms with Crippen LogP contribution in [0.25, 0.3) is 0 Å². The smallest absolute Gasteiger partial charge is 0.249 e. The van der Waals surface area contributed by atoms with E-state index in [2.05, 4.69) is 14.9 Å². The molecule has 2 aliphatic rings. The standard InChI is InChI=1S/C28H33N5O3/c1-35-26-22-19-33-24(18-21-10-6-5-7-11-21)27(34)31-28(33)30-23(22)12-13-25(26)36-17-9-4-2-3-8-15-32-16-14-29-20-32/h5-7,10-14,16,20,24H,2-4,8-9,15,17-19H2,1H3,(H,30,31,34). The highest BCUT2D eigenvalue weighted by Crippen LogP contribution is 2.41. The topological polar surface area (TPSA) is 81.0 Å². The Balaban J connectivity index is 1.16. The van der Waals surface area contributed by atoms with Gasteiger partial charge in [0.1, 0.15) is 6.04 Å². The average molecular weight is 488 g/mol. The average Bonchev–Trinajstić information content (AvgIpc) is 3.52. The van der Waals surface area contributed by atoms with E-state index in [1.165, 1.54) is 12.8 Å². The fraction of sp³-hybridized carbons (Fsp3) is 0.393. The van der Waals surface area contributed by atoms with Gasteiger partial charge in [-0.1, -0.05) is 49.6 Å². The third-order valence-electron chi connectivity index (χ3n) is 6.79. The van der Waals surface area contributed by atoms with Crippen molar-refractivity contribution in [2.75, 3.05) is 13.7 Å². The number of nitrogens with one attached hydrogen (secondary N) is 1. The van der Waals surface area contributed by atoms with E-state index in [0.29, 0.717) is 31.3 Å². The summed E-state index contributed by atoms with van der Waals surface area (Å²) in [5, 5.41) is 2.95. The minimum Gasteiger partial charge on any atom is -0.492 e. The van der Waals surface area contributed by atoms with Crippen molar-refractivity contribution in [1.29, 1.82) is 0 Å². The molecule has 5 rings (SSSR count). The number of amides is 1.